The molecule has 0 aliphatic carbocycles. The molecule has 2 fully saturated rings. The van der Waals surface area contributed by atoms with E-state index in [0.717, 1.165) is 31.2 Å². The summed E-state index contributed by atoms with van der Waals surface area (Å²) in [4.78, 5) is 10.5. The normalized spacial score (nSPS) is 27.4. The van der Waals surface area contributed by atoms with Crippen molar-refractivity contribution < 1.29 is 23.1 Å². The molecule has 27 heavy (non-hydrogen) atoms. The summed E-state index contributed by atoms with van der Waals surface area (Å²) >= 11 is 0. The Hall–Kier alpha value is -1.66. The quantitative estimate of drug-likeness (QED) is 0.486. The zero-order valence-corrected chi connectivity index (χ0v) is 16.3. The Morgan fingerprint density at radius 3 is 2.52 bits per heavy atom. The molecule has 1 N–H and O–H groups in total. The first-order valence-corrected chi connectivity index (χ1v) is 11.5. The zero-order valence-electron chi connectivity index (χ0n) is 15.5. The molecule has 0 saturated carbocycles. The number of hydrogen-bond acceptors (Lipinski definition) is 4. The molecule has 2 aliphatic rings. The van der Waals surface area contributed by atoms with Gasteiger partial charge in [0.15, 0.2) is 9.84 Å². The summed E-state index contributed by atoms with van der Waals surface area (Å²) in [6.07, 6.45) is 8.65. The number of sulfone groups is 1. The summed E-state index contributed by atoms with van der Waals surface area (Å²) in [5, 5.41) is 8.67. The summed E-state index contributed by atoms with van der Waals surface area (Å²) in [7, 11) is -3.19. The van der Waals surface area contributed by atoms with Crippen LogP contribution >= 0.6 is 0 Å². The lowest BCUT2D eigenvalue weighted by atomic mass is 9.78. The number of fused-ring (bicyclic) bond motifs is 2. The molecule has 3 rings (SSSR count). The van der Waals surface area contributed by atoms with Crippen LogP contribution in [0.25, 0.3) is 0 Å². The van der Waals surface area contributed by atoms with Crippen molar-refractivity contribution in [2.45, 2.75) is 56.5 Å². The van der Waals surface area contributed by atoms with Gasteiger partial charge < -0.3 is 9.84 Å². The largest absolute Gasteiger partial charge is 0.481 e. The number of ether oxygens (including phenoxy) is 1. The molecule has 1 aromatic carbocycles. The molecule has 0 aromatic heterocycles. The van der Waals surface area contributed by atoms with E-state index in [1.54, 1.807) is 0 Å². The monoisotopic (exact) mass is 392 g/mol. The first kappa shape index (κ1) is 20.1. The van der Waals surface area contributed by atoms with E-state index < -0.39 is 15.8 Å². The molecule has 6 heteroatoms. The van der Waals surface area contributed by atoms with Crippen molar-refractivity contribution in [2.75, 3.05) is 5.75 Å². The third-order valence-corrected chi connectivity index (χ3v) is 7.27. The van der Waals surface area contributed by atoms with E-state index in [1.807, 2.05) is 36.4 Å². The Morgan fingerprint density at radius 2 is 1.81 bits per heavy atom. The topological polar surface area (TPSA) is 80.7 Å². The van der Waals surface area contributed by atoms with Crippen LogP contribution in [0.2, 0.25) is 0 Å². The molecule has 2 saturated heterocycles. The van der Waals surface area contributed by atoms with E-state index in [9.17, 15) is 13.2 Å². The van der Waals surface area contributed by atoms with Crippen LogP contribution in [0.3, 0.4) is 0 Å². The Morgan fingerprint density at radius 1 is 1.11 bits per heavy atom. The zero-order chi connectivity index (χ0) is 19.3. The van der Waals surface area contributed by atoms with Gasteiger partial charge in [-0.25, -0.2) is 8.42 Å². The fourth-order valence-electron chi connectivity index (χ4n) is 4.35. The molecular weight excluding hydrogens is 364 g/mol. The molecule has 1 aromatic rings. The average molecular weight is 393 g/mol. The average Bonchev–Trinajstić information content (AvgIpc) is 3.20. The van der Waals surface area contributed by atoms with Gasteiger partial charge in [-0.2, -0.15) is 0 Å². The molecule has 0 spiro atoms. The number of carboxylic acids is 1. The van der Waals surface area contributed by atoms with Crippen LogP contribution in [0.4, 0.5) is 0 Å². The minimum Gasteiger partial charge on any atom is -0.481 e. The number of benzene rings is 1. The number of hydrogen-bond donors (Lipinski definition) is 1. The van der Waals surface area contributed by atoms with Crippen molar-refractivity contribution in [1.82, 2.24) is 0 Å². The van der Waals surface area contributed by atoms with Crippen LogP contribution in [0.15, 0.2) is 42.5 Å². The standard InChI is InChI=1S/C21H28O5S/c22-21(23)11-7-2-1-6-10-17-18(20-13-12-19(17)26-20)15-27(24,25)14-16-8-4-3-5-9-16/h1,3-6,8-9,17-20H,2,7,10-15H2,(H,22,23)/t17-,18-,19-,20+/m1/s1. The van der Waals surface area contributed by atoms with Crippen molar-refractivity contribution >= 4 is 15.8 Å². The van der Waals surface area contributed by atoms with Crippen LogP contribution in [0, 0.1) is 11.8 Å². The summed E-state index contributed by atoms with van der Waals surface area (Å²) in [5.74, 6) is -0.209. The van der Waals surface area contributed by atoms with Gasteiger partial charge >= 0.3 is 5.97 Å². The van der Waals surface area contributed by atoms with E-state index in [0.29, 0.717) is 6.42 Å². The predicted molar refractivity (Wildman–Crippen MR) is 104 cm³/mol. The smallest absolute Gasteiger partial charge is 0.303 e. The lowest BCUT2D eigenvalue weighted by molar-refractivity contribution is -0.137. The lowest BCUT2D eigenvalue weighted by Gasteiger charge is -2.27. The first-order chi connectivity index (χ1) is 12.9. The maximum absolute atomic E-state index is 12.7. The molecule has 5 nitrogen and oxygen atoms in total. The highest BCUT2D eigenvalue weighted by Crippen LogP contribution is 2.45. The third kappa shape index (κ3) is 5.66. The first-order valence-electron chi connectivity index (χ1n) is 9.71. The Balaban J connectivity index is 1.56. The highest BCUT2D eigenvalue weighted by molar-refractivity contribution is 7.90. The third-order valence-electron chi connectivity index (χ3n) is 5.60. The molecule has 0 amide bonds. The van der Waals surface area contributed by atoms with Gasteiger partial charge in [0, 0.05) is 12.3 Å². The van der Waals surface area contributed by atoms with E-state index in [1.165, 1.54) is 0 Å². The molecule has 4 atom stereocenters. The maximum Gasteiger partial charge on any atom is 0.303 e. The molecule has 0 unspecified atom stereocenters. The predicted octanol–water partition coefficient (Wildman–Crippen LogP) is 3.60. The van der Waals surface area contributed by atoms with Crippen LogP contribution in [0.1, 0.15) is 44.1 Å². The van der Waals surface area contributed by atoms with Crippen LogP contribution < -0.4 is 0 Å². The van der Waals surface area contributed by atoms with Gasteiger partial charge in [-0.3, -0.25) is 4.79 Å². The maximum atomic E-state index is 12.7. The molecule has 0 radical (unpaired) electrons. The summed E-state index contributed by atoms with van der Waals surface area (Å²) in [6.45, 7) is 0. The van der Waals surface area contributed by atoms with Crippen LogP contribution in [-0.4, -0.2) is 37.5 Å². The van der Waals surface area contributed by atoms with Gasteiger partial charge in [-0.05, 0) is 43.6 Å². The van der Waals surface area contributed by atoms with Crippen LogP contribution in [-0.2, 0) is 25.1 Å². The van der Waals surface area contributed by atoms with Crippen molar-refractivity contribution in [1.29, 1.82) is 0 Å². The Bertz CT molecular complexity index is 756. The molecule has 2 aliphatic heterocycles. The van der Waals surface area contributed by atoms with Crippen LogP contribution in [0.5, 0.6) is 0 Å². The SMILES string of the molecule is O=C(O)CCCC=CC[C@@H]1[C@@H](CS(=O)(=O)Cc2ccccc2)[C@@H]2CC[C@H]1O2. The van der Waals surface area contributed by atoms with Gasteiger partial charge in [0.05, 0.1) is 23.7 Å². The highest BCUT2D eigenvalue weighted by Gasteiger charge is 2.49. The van der Waals surface area contributed by atoms with Crippen molar-refractivity contribution in [3.05, 3.63) is 48.0 Å². The second kappa shape index (κ2) is 9.02. The summed E-state index contributed by atoms with van der Waals surface area (Å²) < 4.78 is 31.5. The second-order valence-electron chi connectivity index (χ2n) is 7.65. The van der Waals surface area contributed by atoms with E-state index in [-0.39, 0.29) is 42.0 Å². The second-order valence-corrected chi connectivity index (χ2v) is 9.76. The minimum atomic E-state index is -3.19. The van der Waals surface area contributed by atoms with Crippen molar-refractivity contribution in [3.8, 4) is 0 Å². The Kier molecular flexibility index (Phi) is 6.71. The fraction of sp³-hybridized carbons (Fsp3) is 0.571. The van der Waals surface area contributed by atoms with Gasteiger partial charge in [0.25, 0.3) is 0 Å². The van der Waals surface area contributed by atoms with Crippen molar-refractivity contribution in [2.24, 2.45) is 11.8 Å². The number of allylic oxidation sites excluding steroid dienone is 2. The molecular formula is C21H28O5S. The fourth-order valence-corrected chi connectivity index (χ4v) is 6.22. The summed E-state index contributed by atoms with van der Waals surface area (Å²) in [5.41, 5.74) is 0.830. The molecule has 148 valence electrons. The van der Waals surface area contributed by atoms with Crippen molar-refractivity contribution in [3.63, 3.8) is 0 Å². The van der Waals surface area contributed by atoms with E-state index >= 15 is 0 Å². The van der Waals surface area contributed by atoms with Gasteiger partial charge in [0.1, 0.15) is 0 Å². The lowest BCUT2D eigenvalue weighted by Crippen LogP contribution is -2.33. The van der Waals surface area contributed by atoms with Gasteiger partial charge in [0.2, 0.25) is 0 Å². The number of aliphatic carboxylic acids is 1. The van der Waals surface area contributed by atoms with E-state index in [4.69, 9.17) is 9.84 Å². The molecule has 2 heterocycles. The summed E-state index contributed by atoms with van der Waals surface area (Å²) in [6, 6.07) is 9.32. The Labute approximate surface area is 161 Å². The number of rotatable bonds is 10. The highest BCUT2D eigenvalue weighted by atomic mass is 32.2. The number of carbonyl (C=O) groups is 1. The van der Waals surface area contributed by atoms with E-state index in [2.05, 4.69) is 6.08 Å². The molecule has 2 bridgehead atoms. The van der Waals surface area contributed by atoms with Gasteiger partial charge in [-0.15, -0.1) is 0 Å². The number of carboxylic acid groups (broad SMARTS) is 1. The van der Waals surface area contributed by atoms with Gasteiger partial charge in [-0.1, -0.05) is 42.5 Å². The number of unbranched alkanes of at least 4 members (excludes halogenated alkanes) is 1. The minimum absolute atomic E-state index is 0.0566.